The standard InChI is InChI=1S/C15H16ClN3O2/c1-9-4-5-11(21-9)8-19-14(10(2)16)17-12-6-7-13(20-3)18-15(12)19/h4-7,10H,8H2,1-3H3. The summed E-state index contributed by atoms with van der Waals surface area (Å²) in [4.78, 5) is 9.04. The summed E-state index contributed by atoms with van der Waals surface area (Å²) in [6.07, 6.45) is 0. The third kappa shape index (κ3) is 2.61. The van der Waals surface area contributed by atoms with E-state index in [1.165, 1.54) is 0 Å². The molecule has 1 unspecified atom stereocenters. The fraction of sp³-hybridized carbons (Fsp3) is 0.333. The van der Waals surface area contributed by atoms with E-state index < -0.39 is 0 Å². The Hall–Kier alpha value is -2.01. The van der Waals surface area contributed by atoms with Crippen molar-refractivity contribution in [3.63, 3.8) is 0 Å². The van der Waals surface area contributed by atoms with Crippen molar-refractivity contribution in [1.29, 1.82) is 0 Å². The first-order valence-corrected chi connectivity index (χ1v) is 7.12. The minimum absolute atomic E-state index is 0.221. The Morgan fingerprint density at radius 3 is 2.71 bits per heavy atom. The average molecular weight is 306 g/mol. The molecule has 0 N–H and O–H groups in total. The second-order valence-corrected chi connectivity index (χ2v) is 5.54. The molecule has 3 aromatic rings. The summed E-state index contributed by atoms with van der Waals surface area (Å²) in [6, 6.07) is 7.56. The largest absolute Gasteiger partial charge is 0.481 e. The lowest BCUT2D eigenvalue weighted by Gasteiger charge is -2.08. The summed E-state index contributed by atoms with van der Waals surface area (Å²) in [5.74, 6) is 3.03. The number of pyridine rings is 1. The Morgan fingerprint density at radius 1 is 1.29 bits per heavy atom. The van der Waals surface area contributed by atoms with E-state index >= 15 is 0 Å². The molecular formula is C15H16ClN3O2. The van der Waals surface area contributed by atoms with Crippen LogP contribution in [0.4, 0.5) is 0 Å². The Balaban J connectivity index is 2.14. The van der Waals surface area contributed by atoms with Crippen molar-refractivity contribution in [2.24, 2.45) is 0 Å². The Bertz CT molecular complexity index is 776. The van der Waals surface area contributed by atoms with Crippen LogP contribution in [-0.2, 0) is 6.54 Å². The molecule has 0 saturated carbocycles. The van der Waals surface area contributed by atoms with Gasteiger partial charge in [-0.15, -0.1) is 11.6 Å². The monoisotopic (exact) mass is 305 g/mol. The molecule has 3 heterocycles. The SMILES string of the molecule is COc1ccc2nc(C(C)Cl)n(Cc3ccc(C)o3)c2n1. The highest BCUT2D eigenvalue weighted by Gasteiger charge is 2.17. The maximum Gasteiger partial charge on any atom is 0.215 e. The lowest BCUT2D eigenvalue weighted by atomic mass is 10.4. The molecule has 6 heteroatoms. The van der Waals surface area contributed by atoms with Crippen LogP contribution < -0.4 is 4.74 Å². The number of furan rings is 1. The quantitative estimate of drug-likeness (QED) is 0.690. The van der Waals surface area contributed by atoms with Crippen molar-refractivity contribution in [3.05, 3.63) is 41.6 Å². The normalized spacial score (nSPS) is 12.8. The van der Waals surface area contributed by atoms with Crippen LogP contribution in [0.1, 0.15) is 29.6 Å². The molecule has 0 fully saturated rings. The lowest BCUT2D eigenvalue weighted by Crippen LogP contribution is -2.06. The van der Waals surface area contributed by atoms with Crippen LogP contribution in [0.2, 0.25) is 0 Å². The first-order chi connectivity index (χ1) is 10.1. The third-order valence-electron chi connectivity index (χ3n) is 3.27. The Morgan fingerprint density at radius 2 is 2.10 bits per heavy atom. The molecule has 3 aromatic heterocycles. The van der Waals surface area contributed by atoms with Gasteiger partial charge in [0.1, 0.15) is 22.9 Å². The van der Waals surface area contributed by atoms with Crippen molar-refractivity contribution in [1.82, 2.24) is 14.5 Å². The van der Waals surface area contributed by atoms with Crippen LogP contribution >= 0.6 is 11.6 Å². The van der Waals surface area contributed by atoms with Crippen LogP contribution in [0.25, 0.3) is 11.2 Å². The molecule has 3 rings (SSSR count). The van der Waals surface area contributed by atoms with Gasteiger partial charge >= 0.3 is 0 Å². The van der Waals surface area contributed by atoms with Crippen molar-refractivity contribution in [2.45, 2.75) is 25.8 Å². The van der Waals surface area contributed by atoms with Crippen molar-refractivity contribution in [2.75, 3.05) is 7.11 Å². The smallest absolute Gasteiger partial charge is 0.215 e. The molecule has 0 radical (unpaired) electrons. The molecule has 1 atom stereocenters. The molecule has 0 saturated heterocycles. The second-order valence-electron chi connectivity index (χ2n) is 4.88. The van der Waals surface area contributed by atoms with Gasteiger partial charge in [-0.1, -0.05) is 0 Å². The Labute approximate surface area is 127 Å². The predicted molar refractivity (Wildman–Crippen MR) is 80.9 cm³/mol. The summed E-state index contributed by atoms with van der Waals surface area (Å²) in [5, 5.41) is -0.221. The van der Waals surface area contributed by atoms with Gasteiger partial charge in [-0.3, -0.25) is 0 Å². The molecule has 0 spiro atoms. The van der Waals surface area contributed by atoms with E-state index in [2.05, 4.69) is 9.97 Å². The average Bonchev–Trinajstić information content (AvgIpc) is 3.03. The van der Waals surface area contributed by atoms with Gasteiger partial charge in [-0.05, 0) is 32.0 Å². The molecule has 110 valence electrons. The fourth-order valence-corrected chi connectivity index (χ4v) is 2.47. The zero-order valence-electron chi connectivity index (χ0n) is 12.1. The van der Waals surface area contributed by atoms with E-state index in [9.17, 15) is 0 Å². The molecule has 0 aliphatic heterocycles. The maximum absolute atomic E-state index is 6.25. The highest BCUT2D eigenvalue weighted by molar-refractivity contribution is 6.20. The number of hydrogen-bond donors (Lipinski definition) is 0. The van der Waals surface area contributed by atoms with Gasteiger partial charge in [0.15, 0.2) is 5.65 Å². The van der Waals surface area contributed by atoms with E-state index in [1.807, 2.05) is 36.6 Å². The summed E-state index contributed by atoms with van der Waals surface area (Å²) in [5.41, 5.74) is 1.53. The summed E-state index contributed by atoms with van der Waals surface area (Å²) >= 11 is 6.25. The van der Waals surface area contributed by atoms with E-state index in [-0.39, 0.29) is 5.38 Å². The number of rotatable bonds is 4. The maximum atomic E-state index is 6.25. The van der Waals surface area contributed by atoms with Crippen molar-refractivity contribution < 1.29 is 9.15 Å². The van der Waals surface area contributed by atoms with Crippen LogP contribution in [0.5, 0.6) is 5.88 Å². The zero-order chi connectivity index (χ0) is 15.0. The molecule has 0 aliphatic carbocycles. The topological polar surface area (TPSA) is 53.1 Å². The molecule has 0 aliphatic rings. The number of halogens is 1. The van der Waals surface area contributed by atoms with Crippen LogP contribution in [0, 0.1) is 6.92 Å². The molecule has 0 bridgehead atoms. The number of aromatic nitrogens is 3. The van der Waals surface area contributed by atoms with Gasteiger partial charge < -0.3 is 13.7 Å². The first kappa shape index (κ1) is 13.9. The fourth-order valence-electron chi connectivity index (χ4n) is 2.30. The number of ether oxygens (including phenoxy) is 1. The number of imidazole rings is 1. The van der Waals surface area contributed by atoms with Gasteiger partial charge in [0, 0.05) is 6.07 Å². The van der Waals surface area contributed by atoms with Gasteiger partial charge in [-0.2, -0.15) is 4.98 Å². The summed E-state index contributed by atoms with van der Waals surface area (Å²) in [7, 11) is 1.59. The second kappa shape index (κ2) is 5.41. The summed E-state index contributed by atoms with van der Waals surface area (Å²) in [6.45, 7) is 4.35. The summed E-state index contributed by atoms with van der Waals surface area (Å²) < 4.78 is 12.8. The highest BCUT2D eigenvalue weighted by Crippen LogP contribution is 2.26. The predicted octanol–water partition coefficient (Wildman–Crippen LogP) is 3.69. The Kier molecular flexibility index (Phi) is 3.59. The minimum Gasteiger partial charge on any atom is -0.481 e. The van der Waals surface area contributed by atoms with E-state index in [0.29, 0.717) is 12.4 Å². The zero-order valence-corrected chi connectivity index (χ0v) is 12.9. The molecule has 5 nitrogen and oxygen atoms in total. The molecule has 21 heavy (non-hydrogen) atoms. The highest BCUT2D eigenvalue weighted by atomic mass is 35.5. The van der Waals surface area contributed by atoms with E-state index in [4.69, 9.17) is 20.8 Å². The van der Waals surface area contributed by atoms with Gasteiger partial charge in [0.05, 0.1) is 19.0 Å². The number of aryl methyl sites for hydroxylation is 1. The molecule has 0 aromatic carbocycles. The number of methoxy groups -OCH3 is 1. The van der Waals surface area contributed by atoms with E-state index in [0.717, 1.165) is 28.5 Å². The van der Waals surface area contributed by atoms with Gasteiger partial charge in [0.25, 0.3) is 0 Å². The van der Waals surface area contributed by atoms with Gasteiger partial charge in [-0.25, -0.2) is 4.98 Å². The lowest BCUT2D eigenvalue weighted by molar-refractivity contribution is 0.398. The van der Waals surface area contributed by atoms with Crippen LogP contribution in [-0.4, -0.2) is 21.6 Å². The first-order valence-electron chi connectivity index (χ1n) is 6.69. The van der Waals surface area contributed by atoms with Gasteiger partial charge in [0.2, 0.25) is 5.88 Å². The number of hydrogen-bond acceptors (Lipinski definition) is 4. The third-order valence-corrected chi connectivity index (χ3v) is 3.47. The van der Waals surface area contributed by atoms with Crippen LogP contribution in [0.3, 0.4) is 0 Å². The molecular weight excluding hydrogens is 290 g/mol. The molecule has 0 amide bonds. The van der Waals surface area contributed by atoms with Crippen molar-refractivity contribution >= 4 is 22.8 Å². The van der Waals surface area contributed by atoms with Crippen molar-refractivity contribution in [3.8, 4) is 5.88 Å². The number of alkyl halides is 1. The number of nitrogens with zero attached hydrogens (tertiary/aromatic N) is 3. The minimum atomic E-state index is -0.221. The van der Waals surface area contributed by atoms with Crippen LogP contribution in [0.15, 0.2) is 28.7 Å². The number of fused-ring (bicyclic) bond motifs is 1. The van der Waals surface area contributed by atoms with E-state index in [1.54, 1.807) is 13.2 Å².